The summed E-state index contributed by atoms with van der Waals surface area (Å²) in [6.07, 6.45) is 1.68. The topological polar surface area (TPSA) is 38.4 Å². The normalized spacial score (nSPS) is 24.3. The van der Waals surface area contributed by atoms with Gasteiger partial charge >= 0.3 is 0 Å². The zero-order chi connectivity index (χ0) is 10.9. The molecule has 1 aromatic rings. The highest BCUT2D eigenvalue weighted by Crippen LogP contribution is 2.24. The van der Waals surface area contributed by atoms with Crippen LogP contribution >= 0.6 is 12.2 Å². The summed E-state index contributed by atoms with van der Waals surface area (Å²) < 4.78 is 13.3. The molecule has 1 unspecified atom stereocenters. The van der Waals surface area contributed by atoms with E-state index in [-0.39, 0.29) is 10.3 Å². The van der Waals surface area contributed by atoms with Crippen LogP contribution in [0.3, 0.4) is 0 Å². The summed E-state index contributed by atoms with van der Waals surface area (Å²) in [5.41, 5.74) is 6.43. The monoisotopic (exact) mass is 224 g/mol. The van der Waals surface area contributed by atoms with Crippen molar-refractivity contribution in [2.24, 2.45) is 10.7 Å². The molecule has 0 fully saturated rings. The standard InChI is InChI=1S/C10H10FN3S/c11-8-2-1-3-9(6-8)14(10(12)15)5-4-13-7-14/h1-3,6-7H,4-5H2,(H-,12,15)/p+1. The van der Waals surface area contributed by atoms with Gasteiger partial charge in [0.15, 0.2) is 6.34 Å². The molecule has 5 heteroatoms. The zero-order valence-electron chi connectivity index (χ0n) is 8.06. The van der Waals surface area contributed by atoms with Crippen LogP contribution in [-0.4, -0.2) is 24.5 Å². The number of nitrogens with zero attached hydrogens (tertiary/aromatic N) is 2. The summed E-state index contributed by atoms with van der Waals surface area (Å²) in [5.74, 6) is -0.290. The highest BCUT2D eigenvalue weighted by molar-refractivity contribution is 7.80. The van der Waals surface area contributed by atoms with Gasteiger partial charge in [0.25, 0.3) is 5.11 Å². The minimum Gasteiger partial charge on any atom is -0.344 e. The molecule has 0 bridgehead atoms. The Morgan fingerprint density at radius 3 is 2.87 bits per heavy atom. The minimum atomic E-state index is -0.290. The molecule has 1 aromatic carbocycles. The van der Waals surface area contributed by atoms with Crippen molar-refractivity contribution < 1.29 is 4.39 Å². The average molecular weight is 224 g/mol. The van der Waals surface area contributed by atoms with E-state index in [1.54, 1.807) is 18.5 Å². The van der Waals surface area contributed by atoms with Crippen LogP contribution in [0.25, 0.3) is 0 Å². The van der Waals surface area contributed by atoms with E-state index in [1.165, 1.54) is 12.1 Å². The molecule has 1 aliphatic heterocycles. The van der Waals surface area contributed by atoms with Gasteiger partial charge in [0.2, 0.25) is 0 Å². The van der Waals surface area contributed by atoms with Crippen molar-refractivity contribution in [2.75, 3.05) is 13.1 Å². The van der Waals surface area contributed by atoms with Gasteiger partial charge < -0.3 is 5.73 Å². The van der Waals surface area contributed by atoms with Crippen LogP contribution in [0.5, 0.6) is 0 Å². The van der Waals surface area contributed by atoms with Gasteiger partial charge in [0.1, 0.15) is 18.0 Å². The van der Waals surface area contributed by atoms with E-state index < -0.39 is 0 Å². The molecule has 2 rings (SSSR count). The molecule has 0 amide bonds. The Hall–Kier alpha value is -1.33. The third-order valence-electron chi connectivity index (χ3n) is 2.52. The van der Waals surface area contributed by atoms with Gasteiger partial charge in [0, 0.05) is 24.4 Å². The van der Waals surface area contributed by atoms with Crippen LogP contribution in [0, 0.1) is 5.82 Å². The smallest absolute Gasteiger partial charge is 0.278 e. The van der Waals surface area contributed by atoms with Crippen molar-refractivity contribution in [1.29, 1.82) is 0 Å². The van der Waals surface area contributed by atoms with Crippen LogP contribution in [-0.2, 0) is 0 Å². The highest BCUT2D eigenvalue weighted by Gasteiger charge is 2.36. The Labute approximate surface area is 92.6 Å². The maximum atomic E-state index is 13.1. The maximum absolute atomic E-state index is 13.1. The second-order valence-corrected chi connectivity index (χ2v) is 3.85. The molecule has 2 N–H and O–H groups in total. The molecule has 0 aromatic heterocycles. The Balaban J connectivity index is 2.51. The fourth-order valence-corrected chi connectivity index (χ4v) is 1.93. The number of nitrogens with two attached hydrogens (primary N) is 1. The number of thiocarbonyl (C=S) groups is 1. The number of aliphatic imine (C=N–C) groups is 1. The van der Waals surface area contributed by atoms with E-state index in [2.05, 4.69) is 4.99 Å². The van der Waals surface area contributed by atoms with E-state index in [4.69, 9.17) is 18.0 Å². The summed E-state index contributed by atoms with van der Waals surface area (Å²) in [5, 5.41) is 0.293. The number of halogens is 1. The highest BCUT2D eigenvalue weighted by atomic mass is 32.1. The molecule has 0 saturated carbocycles. The predicted molar refractivity (Wildman–Crippen MR) is 63.2 cm³/mol. The molecule has 1 atom stereocenters. The van der Waals surface area contributed by atoms with Crippen molar-refractivity contribution in [2.45, 2.75) is 0 Å². The Morgan fingerprint density at radius 2 is 2.33 bits per heavy atom. The first-order chi connectivity index (χ1) is 7.15. The fourth-order valence-electron chi connectivity index (χ4n) is 1.68. The number of hydrogen-bond donors (Lipinski definition) is 1. The predicted octanol–water partition coefficient (Wildman–Crippen LogP) is 1.42. The molecular formula is C10H11FN3S+. The summed E-state index contributed by atoms with van der Waals surface area (Å²) in [4.78, 5) is 4.12. The summed E-state index contributed by atoms with van der Waals surface area (Å²) in [6, 6.07) is 6.29. The molecule has 0 radical (unpaired) electrons. The number of quaternary nitrogens is 1. The number of rotatable bonds is 1. The largest absolute Gasteiger partial charge is 0.344 e. The van der Waals surface area contributed by atoms with Crippen LogP contribution in [0.1, 0.15) is 0 Å². The molecule has 0 aliphatic carbocycles. The van der Waals surface area contributed by atoms with E-state index >= 15 is 0 Å². The number of hydrogen-bond acceptors (Lipinski definition) is 2. The molecule has 15 heavy (non-hydrogen) atoms. The first-order valence-electron chi connectivity index (χ1n) is 4.60. The van der Waals surface area contributed by atoms with Gasteiger partial charge in [0.05, 0.1) is 6.54 Å². The van der Waals surface area contributed by atoms with Crippen molar-refractivity contribution in [3.63, 3.8) is 0 Å². The van der Waals surface area contributed by atoms with Gasteiger partial charge in [-0.3, -0.25) is 0 Å². The molecule has 1 aliphatic rings. The van der Waals surface area contributed by atoms with Crippen molar-refractivity contribution >= 4 is 29.4 Å². The van der Waals surface area contributed by atoms with Crippen LogP contribution in [0.15, 0.2) is 29.3 Å². The molecule has 78 valence electrons. The third-order valence-corrected chi connectivity index (χ3v) is 2.85. The maximum Gasteiger partial charge on any atom is 0.278 e. The van der Waals surface area contributed by atoms with E-state index in [1.807, 2.05) is 0 Å². The van der Waals surface area contributed by atoms with E-state index in [0.29, 0.717) is 18.2 Å². The van der Waals surface area contributed by atoms with E-state index in [9.17, 15) is 4.39 Å². The number of benzene rings is 1. The van der Waals surface area contributed by atoms with Gasteiger partial charge in [-0.25, -0.2) is 9.38 Å². The lowest BCUT2D eigenvalue weighted by atomic mass is 10.2. The first-order valence-corrected chi connectivity index (χ1v) is 5.01. The van der Waals surface area contributed by atoms with Crippen LogP contribution in [0.2, 0.25) is 0 Å². The molecule has 0 spiro atoms. The van der Waals surface area contributed by atoms with Crippen molar-refractivity contribution in [1.82, 2.24) is 4.48 Å². The second kappa shape index (κ2) is 3.67. The van der Waals surface area contributed by atoms with Gasteiger partial charge in [-0.2, -0.15) is 4.48 Å². The lowest BCUT2D eigenvalue weighted by molar-refractivity contribution is 0.610. The Morgan fingerprint density at radius 1 is 1.53 bits per heavy atom. The first kappa shape index (κ1) is 10.2. The second-order valence-electron chi connectivity index (χ2n) is 3.43. The van der Waals surface area contributed by atoms with Gasteiger partial charge in [-0.1, -0.05) is 6.07 Å². The molecule has 0 saturated heterocycles. The minimum absolute atomic E-state index is 0.174. The van der Waals surface area contributed by atoms with Crippen molar-refractivity contribution in [3.05, 3.63) is 30.1 Å². The SMILES string of the molecule is NC(=S)[N+]1(c2cccc(F)c2)C=NCC1. The van der Waals surface area contributed by atoms with Gasteiger partial charge in [-0.05, 0) is 6.07 Å². The fraction of sp³-hybridized carbons (Fsp3) is 0.200. The van der Waals surface area contributed by atoms with Crippen LogP contribution in [0.4, 0.5) is 10.1 Å². The Bertz CT molecular complexity index is 432. The molecule has 3 nitrogen and oxygen atoms in total. The van der Waals surface area contributed by atoms with Crippen molar-refractivity contribution in [3.8, 4) is 0 Å². The molecular weight excluding hydrogens is 213 g/mol. The summed E-state index contributed by atoms with van der Waals surface area (Å²) in [6.45, 7) is 1.33. The average Bonchev–Trinajstić information content (AvgIpc) is 2.67. The third kappa shape index (κ3) is 1.64. The lowest BCUT2D eigenvalue weighted by Crippen LogP contribution is -2.54. The summed E-state index contributed by atoms with van der Waals surface area (Å²) in [7, 11) is 0. The lowest BCUT2D eigenvalue weighted by Gasteiger charge is -2.26. The quantitative estimate of drug-likeness (QED) is 0.578. The van der Waals surface area contributed by atoms with E-state index in [0.717, 1.165) is 5.69 Å². The van der Waals surface area contributed by atoms with Gasteiger partial charge in [-0.15, -0.1) is 0 Å². The Kier molecular flexibility index (Phi) is 2.50. The zero-order valence-corrected chi connectivity index (χ0v) is 8.88. The van der Waals surface area contributed by atoms with Crippen LogP contribution < -0.4 is 10.2 Å². The summed E-state index contributed by atoms with van der Waals surface area (Å²) >= 11 is 5.03. The molecule has 1 heterocycles.